The molecule has 1 aliphatic heterocycles. The summed E-state index contributed by atoms with van der Waals surface area (Å²) in [4.78, 5) is 29.8. The van der Waals surface area contributed by atoms with Crippen LogP contribution in [0, 0.1) is 6.92 Å². The molecule has 1 saturated heterocycles. The smallest absolute Gasteiger partial charge is 0.237 e. The number of pyridine rings is 1. The van der Waals surface area contributed by atoms with Gasteiger partial charge in [0.15, 0.2) is 0 Å². The van der Waals surface area contributed by atoms with Crippen LogP contribution < -0.4 is 11.1 Å². The summed E-state index contributed by atoms with van der Waals surface area (Å²) in [5, 5.41) is 11.4. The van der Waals surface area contributed by atoms with Crippen molar-refractivity contribution in [3.05, 3.63) is 48.3 Å². The first-order valence-corrected chi connectivity index (χ1v) is 10.5. The Balaban J connectivity index is 1.53. The van der Waals surface area contributed by atoms with E-state index >= 15 is 0 Å². The minimum absolute atomic E-state index is 0.0268. The quantitative estimate of drug-likeness (QED) is 0.477. The zero-order chi connectivity index (χ0) is 22.2. The van der Waals surface area contributed by atoms with Crippen LogP contribution in [0.2, 0.25) is 0 Å². The number of nitrogens with one attached hydrogen (secondary N) is 1. The molecule has 32 heavy (non-hydrogen) atoms. The number of nitrogen functional groups attached to an aromatic ring is 1. The highest BCUT2D eigenvalue weighted by molar-refractivity contribution is 5.82. The van der Waals surface area contributed by atoms with Crippen LogP contribution in [-0.2, 0) is 11.3 Å². The molecule has 1 aliphatic rings. The second kappa shape index (κ2) is 8.00. The number of amides is 1. The van der Waals surface area contributed by atoms with Crippen molar-refractivity contribution in [1.29, 1.82) is 0 Å². The average molecular weight is 432 g/mol. The number of likely N-dealkylation sites (N-methyl/N-ethyl adjacent to an activating group) is 1. The number of carbonyl (C=O) groups excluding carboxylic acids is 1. The van der Waals surface area contributed by atoms with Gasteiger partial charge in [-0.05, 0) is 45.5 Å². The zero-order valence-electron chi connectivity index (χ0n) is 17.9. The summed E-state index contributed by atoms with van der Waals surface area (Å²) in [6.45, 7) is 3.09. The molecule has 0 spiro atoms. The van der Waals surface area contributed by atoms with Crippen molar-refractivity contribution in [1.82, 2.24) is 44.6 Å². The lowest BCUT2D eigenvalue weighted by Gasteiger charge is -2.19. The third kappa shape index (κ3) is 3.56. The van der Waals surface area contributed by atoms with E-state index in [2.05, 4.69) is 30.4 Å². The van der Waals surface area contributed by atoms with Gasteiger partial charge in [-0.1, -0.05) is 0 Å². The SMILES string of the molecule is Cc1cnc2ccc(-c3nc(CNC(=O)[C@H]4CCCN4C)c(N)nc3-n3nccn3)cn12. The summed E-state index contributed by atoms with van der Waals surface area (Å²) in [6.07, 6.45) is 8.75. The number of fused-ring (bicyclic) bond motifs is 1. The number of hydrogen-bond acceptors (Lipinski definition) is 8. The first kappa shape index (κ1) is 20.1. The number of aromatic nitrogens is 7. The number of carbonyl (C=O) groups is 1. The lowest BCUT2D eigenvalue weighted by molar-refractivity contribution is -0.125. The van der Waals surface area contributed by atoms with Gasteiger partial charge >= 0.3 is 0 Å². The fourth-order valence-electron chi connectivity index (χ4n) is 4.03. The van der Waals surface area contributed by atoms with Crippen LogP contribution in [0.25, 0.3) is 22.7 Å². The van der Waals surface area contributed by atoms with Gasteiger partial charge in [0.25, 0.3) is 0 Å². The van der Waals surface area contributed by atoms with Crippen LogP contribution >= 0.6 is 0 Å². The molecule has 3 N–H and O–H groups in total. The molecule has 0 unspecified atom stereocenters. The standard InChI is InChI=1S/C21H24N10O/c1-13-10-23-17-6-5-14(12-30(13)17)18-20(31-25-7-8-26-31)28-19(22)15(27-18)11-24-21(32)16-4-3-9-29(16)2/h5-8,10,12,16H,3-4,9,11H2,1-2H3,(H2,22,28)(H,24,32)/t16-/m1/s1. The van der Waals surface area contributed by atoms with Gasteiger partial charge < -0.3 is 15.5 Å². The topological polar surface area (TPSA) is 132 Å². The van der Waals surface area contributed by atoms with Gasteiger partial charge in [0.05, 0.1) is 25.0 Å². The van der Waals surface area contributed by atoms with E-state index in [1.807, 2.05) is 42.9 Å². The van der Waals surface area contributed by atoms with Gasteiger partial charge in [-0.3, -0.25) is 9.69 Å². The maximum atomic E-state index is 12.6. The highest BCUT2D eigenvalue weighted by atomic mass is 16.2. The molecule has 0 saturated carbocycles. The predicted molar refractivity (Wildman–Crippen MR) is 118 cm³/mol. The number of nitrogens with zero attached hydrogens (tertiary/aromatic N) is 8. The molecule has 0 aromatic carbocycles. The molecule has 0 aliphatic carbocycles. The van der Waals surface area contributed by atoms with Crippen LogP contribution in [-0.4, -0.2) is 64.8 Å². The Morgan fingerprint density at radius 3 is 2.81 bits per heavy atom. The van der Waals surface area contributed by atoms with E-state index in [0.29, 0.717) is 17.2 Å². The first-order valence-electron chi connectivity index (χ1n) is 10.5. The minimum atomic E-state index is -0.122. The van der Waals surface area contributed by atoms with E-state index in [9.17, 15) is 4.79 Å². The second-order valence-corrected chi connectivity index (χ2v) is 7.95. The Morgan fingerprint density at radius 2 is 2.06 bits per heavy atom. The average Bonchev–Trinajstić information content (AvgIpc) is 3.54. The molecular formula is C21H24N10O. The third-order valence-corrected chi connectivity index (χ3v) is 5.81. The van der Waals surface area contributed by atoms with Crippen LogP contribution in [0.5, 0.6) is 0 Å². The van der Waals surface area contributed by atoms with Gasteiger partial charge in [0.2, 0.25) is 11.7 Å². The van der Waals surface area contributed by atoms with E-state index in [1.165, 1.54) is 4.80 Å². The Morgan fingerprint density at radius 1 is 1.25 bits per heavy atom. The lowest BCUT2D eigenvalue weighted by atomic mass is 10.2. The summed E-state index contributed by atoms with van der Waals surface area (Å²) in [5.41, 5.74) is 9.91. The van der Waals surface area contributed by atoms with Gasteiger partial charge in [-0.15, -0.1) is 4.80 Å². The fraction of sp³-hybridized carbons (Fsp3) is 0.333. The summed E-state index contributed by atoms with van der Waals surface area (Å²) >= 11 is 0. The fourth-order valence-corrected chi connectivity index (χ4v) is 4.03. The Kier molecular flexibility index (Phi) is 5.02. The van der Waals surface area contributed by atoms with Crippen molar-refractivity contribution in [3.63, 3.8) is 0 Å². The molecule has 1 atom stereocenters. The minimum Gasteiger partial charge on any atom is -0.382 e. The zero-order valence-corrected chi connectivity index (χ0v) is 17.9. The van der Waals surface area contributed by atoms with Crippen molar-refractivity contribution in [2.45, 2.75) is 32.4 Å². The van der Waals surface area contributed by atoms with E-state index in [-0.39, 0.29) is 24.3 Å². The highest BCUT2D eigenvalue weighted by Crippen LogP contribution is 2.26. The van der Waals surface area contributed by atoms with Crippen molar-refractivity contribution in [2.24, 2.45) is 0 Å². The molecule has 5 heterocycles. The normalized spacial score (nSPS) is 16.6. The second-order valence-electron chi connectivity index (χ2n) is 7.95. The van der Waals surface area contributed by atoms with Crippen LogP contribution in [0.1, 0.15) is 24.2 Å². The van der Waals surface area contributed by atoms with Crippen molar-refractivity contribution >= 4 is 17.4 Å². The van der Waals surface area contributed by atoms with E-state index in [0.717, 1.165) is 36.3 Å². The largest absolute Gasteiger partial charge is 0.382 e. The molecular weight excluding hydrogens is 408 g/mol. The van der Waals surface area contributed by atoms with Gasteiger partial charge in [0.1, 0.15) is 22.9 Å². The number of nitrogens with two attached hydrogens (primary N) is 1. The number of aryl methyl sites for hydroxylation is 1. The Hall–Kier alpha value is -3.86. The Bertz CT molecular complexity index is 1280. The molecule has 11 nitrogen and oxygen atoms in total. The van der Waals surface area contributed by atoms with Crippen LogP contribution in [0.4, 0.5) is 5.82 Å². The van der Waals surface area contributed by atoms with Crippen molar-refractivity contribution in [2.75, 3.05) is 19.3 Å². The van der Waals surface area contributed by atoms with Crippen molar-refractivity contribution in [3.8, 4) is 17.1 Å². The highest BCUT2D eigenvalue weighted by Gasteiger charge is 2.28. The molecule has 1 amide bonds. The van der Waals surface area contributed by atoms with Gasteiger partial charge in [-0.2, -0.15) is 10.2 Å². The van der Waals surface area contributed by atoms with Crippen molar-refractivity contribution < 1.29 is 4.79 Å². The first-order chi connectivity index (χ1) is 15.5. The summed E-state index contributed by atoms with van der Waals surface area (Å²) in [6, 6.07) is 3.71. The lowest BCUT2D eigenvalue weighted by Crippen LogP contribution is -2.41. The number of hydrogen-bond donors (Lipinski definition) is 2. The molecule has 164 valence electrons. The Labute approximate surface area is 184 Å². The van der Waals surface area contributed by atoms with Gasteiger partial charge in [-0.25, -0.2) is 15.0 Å². The molecule has 1 fully saturated rings. The predicted octanol–water partition coefficient (Wildman–Crippen LogP) is 0.973. The monoisotopic (exact) mass is 432 g/mol. The van der Waals surface area contributed by atoms with E-state index in [1.54, 1.807) is 12.4 Å². The molecule has 4 aromatic heterocycles. The maximum absolute atomic E-state index is 12.6. The summed E-state index contributed by atoms with van der Waals surface area (Å²) < 4.78 is 1.98. The molecule has 11 heteroatoms. The summed E-state index contributed by atoms with van der Waals surface area (Å²) in [7, 11) is 1.96. The molecule has 0 radical (unpaired) electrons. The molecule has 4 aromatic rings. The van der Waals surface area contributed by atoms with Gasteiger partial charge in [0, 0.05) is 23.7 Å². The summed E-state index contributed by atoms with van der Waals surface area (Å²) in [5.74, 6) is 0.609. The number of imidazole rings is 1. The number of likely N-dealkylation sites (tertiary alicyclic amines) is 1. The van der Waals surface area contributed by atoms with E-state index in [4.69, 9.17) is 10.7 Å². The third-order valence-electron chi connectivity index (χ3n) is 5.81. The maximum Gasteiger partial charge on any atom is 0.237 e. The van der Waals surface area contributed by atoms with Crippen LogP contribution in [0.15, 0.2) is 36.9 Å². The molecule has 5 rings (SSSR count). The molecule has 0 bridgehead atoms. The number of rotatable bonds is 5. The van der Waals surface area contributed by atoms with E-state index < -0.39 is 0 Å². The number of anilines is 1. The van der Waals surface area contributed by atoms with Crippen LogP contribution in [0.3, 0.4) is 0 Å².